The molecule has 41 heavy (non-hydrogen) atoms. The zero-order chi connectivity index (χ0) is 28.7. The molecule has 0 bridgehead atoms. The number of alkyl halides is 1. The minimum atomic E-state index is -1.41. The Hall–Kier alpha value is -5.71. The maximum atomic E-state index is 14.6. The van der Waals surface area contributed by atoms with E-state index in [4.69, 9.17) is 11.0 Å². The molecule has 3 amide bonds. The fraction of sp³-hybridized carbons (Fsp3) is 0.185. The summed E-state index contributed by atoms with van der Waals surface area (Å²) in [6.07, 6.45) is 3.03. The SMILES string of the molecule is N#Cc1ccc2[nH]cc(NC(=O)C3CC(F)CN3C(=O)Cn3nc(C(N)=O)c4cc(-c5ccnnc5)ccc43)c2n1. The number of nitrogens with two attached hydrogens (primary N) is 1. The van der Waals surface area contributed by atoms with Crippen LogP contribution in [0.4, 0.5) is 10.1 Å². The largest absolute Gasteiger partial charge is 0.364 e. The number of fused-ring (bicyclic) bond motifs is 2. The molecule has 204 valence electrons. The van der Waals surface area contributed by atoms with Gasteiger partial charge in [-0.2, -0.15) is 20.6 Å². The molecule has 4 N–H and O–H groups in total. The van der Waals surface area contributed by atoms with Crippen LogP contribution in [0.5, 0.6) is 0 Å². The average Bonchev–Trinajstić information content (AvgIpc) is 3.68. The van der Waals surface area contributed by atoms with Crippen LogP contribution in [0.25, 0.3) is 33.1 Å². The van der Waals surface area contributed by atoms with E-state index in [0.29, 0.717) is 27.6 Å². The molecule has 0 radical (unpaired) electrons. The number of hydrogen-bond acceptors (Lipinski definition) is 8. The first-order chi connectivity index (χ1) is 19.8. The highest BCUT2D eigenvalue weighted by atomic mass is 19.1. The van der Waals surface area contributed by atoms with Crippen LogP contribution >= 0.6 is 0 Å². The summed E-state index contributed by atoms with van der Waals surface area (Å²) >= 11 is 0. The number of halogens is 1. The number of nitrogens with one attached hydrogen (secondary N) is 2. The standard InChI is InChI=1S/C27H21FN10O3/c28-16-8-22(27(41)35-20-11-31-19-3-2-17(9-29)34-25(19)20)37(12-16)23(39)13-38-21-4-1-14(15-5-6-32-33-10-15)7-18(21)24(36-38)26(30)40/h1-7,10-11,16,22,31H,8,12-13H2,(H2,30,40)(H,35,41). The van der Waals surface area contributed by atoms with Crippen LogP contribution in [0.3, 0.4) is 0 Å². The first-order valence-corrected chi connectivity index (χ1v) is 12.5. The second kappa shape index (κ2) is 10.1. The lowest BCUT2D eigenvalue weighted by Gasteiger charge is -2.23. The van der Waals surface area contributed by atoms with Gasteiger partial charge >= 0.3 is 0 Å². The van der Waals surface area contributed by atoms with Gasteiger partial charge in [-0.3, -0.25) is 19.1 Å². The summed E-state index contributed by atoms with van der Waals surface area (Å²) in [5.74, 6) is -1.93. The van der Waals surface area contributed by atoms with E-state index in [0.717, 1.165) is 16.0 Å². The van der Waals surface area contributed by atoms with Gasteiger partial charge in [0.2, 0.25) is 11.8 Å². The minimum absolute atomic E-state index is 0.0284. The van der Waals surface area contributed by atoms with Crippen molar-refractivity contribution in [2.75, 3.05) is 11.9 Å². The van der Waals surface area contributed by atoms with Gasteiger partial charge in [0.15, 0.2) is 5.69 Å². The lowest BCUT2D eigenvalue weighted by atomic mass is 10.0. The number of amides is 3. The zero-order valence-electron chi connectivity index (χ0n) is 21.3. The molecule has 1 fully saturated rings. The van der Waals surface area contributed by atoms with Crippen molar-refractivity contribution < 1.29 is 18.8 Å². The molecule has 4 aromatic heterocycles. The number of carbonyl (C=O) groups excluding carboxylic acids is 3. The van der Waals surface area contributed by atoms with E-state index in [2.05, 4.69) is 30.6 Å². The molecule has 0 saturated carbocycles. The number of benzene rings is 1. The molecule has 2 atom stereocenters. The quantitative estimate of drug-likeness (QED) is 0.285. The third kappa shape index (κ3) is 4.69. The van der Waals surface area contributed by atoms with Gasteiger partial charge in [0.25, 0.3) is 5.91 Å². The molecule has 5 heterocycles. The number of anilines is 1. The van der Waals surface area contributed by atoms with Crippen molar-refractivity contribution in [2.45, 2.75) is 25.2 Å². The molecule has 5 aromatic rings. The van der Waals surface area contributed by atoms with Crippen LogP contribution in [0.1, 0.15) is 22.6 Å². The van der Waals surface area contributed by atoms with Gasteiger partial charge in [-0.15, -0.1) is 0 Å². The zero-order valence-corrected chi connectivity index (χ0v) is 21.3. The molecule has 1 saturated heterocycles. The highest BCUT2D eigenvalue weighted by molar-refractivity contribution is 6.06. The van der Waals surface area contributed by atoms with Crippen molar-refractivity contribution in [1.29, 1.82) is 5.26 Å². The summed E-state index contributed by atoms with van der Waals surface area (Å²) in [7, 11) is 0. The summed E-state index contributed by atoms with van der Waals surface area (Å²) in [6, 6.07) is 11.0. The van der Waals surface area contributed by atoms with Crippen LogP contribution in [0.15, 0.2) is 55.0 Å². The highest BCUT2D eigenvalue weighted by Gasteiger charge is 2.40. The van der Waals surface area contributed by atoms with Gasteiger partial charge in [-0.05, 0) is 35.9 Å². The summed E-state index contributed by atoms with van der Waals surface area (Å²) < 4.78 is 15.9. The number of aromatic amines is 1. The number of carbonyl (C=O) groups is 3. The van der Waals surface area contributed by atoms with Crippen molar-refractivity contribution in [1.82, 2.24) is 34.8 Å². The Morgan fingerprint density at radius 3 is 2.78 bits per heavy atom. The van der Waals surface area contributed by atoms with Crippen LogP contribution in [0.2, 0.25) is 0 Å². The lowest BCUT2D eigenvalue weighted by molar-refractivity contribution is -0.137. The number of likely N-dealkylation sites (tertiary alicyclic amines) is 1. The van der Waals surface area contributed by atoms with Gasteiger partial charge in [-0.1, -0.05) is 6.07 Å². The van der Waals surface area contributed by atoms with Gasteiger partial charge < -0.3 is 20.9 Å². The molecule has 1 aromatic carbocycles. The van der Waals surface area contributed by atoms with Crippen LogP contribution < -0.4 is 11.1 Å². The van der Waals surface area contributed by atoms with Crippen LogP contribution in [-0.2, 0) is 16.1 Å². The Morgan fingerprint density at radius 2 is 2.02 bits per heavy atom. The number of H-pyrrole nitrogens is 1. The van der Waals surface area contributed by atoms with Gasteiger partial charge in [0.1, 0.15) is 36.0 Å². The molecular weight excluding hydrogens is 531 g/mol. The van der Waals surface area contributed by atoms with Gasteiger partial charge in [-0.25, -0.2) is 9.37 Å². The predicted molar refractivity (Wildman–Crippen MR) is 144 cm³/mol. The average molecular weight is 553 g/mol. The van der Waals surface area contributed by atoms with E-state index in [1.54, 1.807) is 36.5 Å². The highest BCUT2D eigenvalue weighted by Crippen LogP contribution is 2.28. The Labute approximate surface area is 230 Å². The number of hydrogen-bond donors (Lipinski definition) is 3. The summed E-state index contributed by atoms with van der Waals surface area (Å²) in [6.45, 7) is -0.626. The number of nitriles is 1. The Bertz CT molecular complexity index is 1880. The van der Waals surface area contributed by atoms with E-state index in [1.807, 2.05) is 6.07 Å². The molecule has 0 spiro atoms. The number of aromatic nitrogens is 6. The fourth-order valence-electron chi connectivity index (χ4n) is 5.02. The number of rotatable bonds is 6. The second-order valence-electron chi connectivity index (χ2n) is 9.52. The number of primary amides is 1. The second-order valence-corrected chi connectivity index (χ2v) is 9.52. The van der Waals surface area contributed by atoms with Crippen molar-refractivity contribution >= 4 is 45.3 Å². The summed E-state index contributed by atoms with van der Waals surface area (Å²) in [5, 5.41) is 24.2. The fourth-order valence-corrected chi connectivity index (χ4v) is 5.02. The van der Waals surface area contributed by atoms with E-state index in [-0.39, 0.29) is 30.9 Å². The summed E-state index contributed by atoms with van der Waals surface area (Å²) in [4.78, 5) is 47.2. The maximum absolute atomic E-state index is 14.6. The van der Waals surface area contributed by atoms with Gasteiger partial charge in [0.05, 0.1) is 35.7 Å². The van der Waals surface area contributed by atoms with Crippen molar-refractivity contribution in [3.05, 3.63) is 66.4 Å². The Balaban J connectivity index is 1.26. The molecule has 1 aliphatic heterocycles. The summed E-state index contributed by atoms with van der Waals surface area (Å²) in [5.41, 5.74) is 8.96. The molecule has 14 heteroatoms. The Kier molecular flexibility index (Phi) is 6.31. The van der Waals surface area contributed by atoms with Crippen molar-refractivity contribution in [3.63, 3.8) is 0 Å². The molecule has 0 aliphatic carbocycles. The van der Waals surface area contributed by atoms with Crippen LogP contribution in [-0.4, -0.2) is 71.3 Å². The first kappa shape index (κ1) is 25.6. The maximum Gasteiger partial charge on any atom is 0.269 e. The van der Waals surface area contributed by atoms with E-state index in [1.165, 1.54) is 23.1 Å². The van der Waals surface area contributed by atoms with Crippen LogP contribution in [0, 0.1) is 11.3 Å². The first-order valence-electron chi connectivity index (χ1n) is 12.5. The van der Waals surface area contributed by atoms with Crippen molar-refractivity contribution in [3.8, 4) is 17.2 Å². The molecule has 2 unspecified atom stereocenters. The predicted octanol–water partition coefficient (Wildman–Crippen LogP) is 1.92. The third-order valence-corrected chi connectivity index (χ3v) is 6.95. The van der Waals surface area contributed by atoms with E-state index in [9.17, 15) is 18.8 Å². The number of pyridine rings is 1. The minimum Gasteiger partial charge on any atom is -0.364 e. The third-order valence-electron chi connectivity index (χ3n) is 6.95. The smallest absolute Gasteiger partial charge is 0.269 e. The van der Waals surface area contributed by atoms with Crippen molar-refractivity contribution in [2.24, 2.45) is 5.73 Å². The molecular formula is C27H21FN10O3. The lowest BCUT2D eigenvalue weighted by Crippen LogP contribution is -2.44. The topological polar surface area (TPSA) is 189 Å². The molecule has 1 aliphatic rings. The van der Waals surface area contributed by atoms with Gasteiger partial charge in [0, 0.05) is 23.6 Å². The molecule has 6 rings (SSSR count). The molecule has 13 nitrogen and oxygen atoms in total. The normalized spacial score (nSPS) is 16.6. The number of nitrogens with zero attached hydrogens (tertiary/aromatic N) is 7. The van der Waals surface area contributed by atoms with E-state index < -0.39 is 29.9 Å². The monoisotopic (exact) mass is 552 g/mol. The Morgan fingerprint density at radius 1 is 1.17 bits per heavy atom. The van der Waals surface area contributed by atoms with E-state index >= 15 is 0 Å².